The fraction of sp³-hybridized carbons (Fsp3) is 0.579. The molecule has 1 aromatic rings. The molecule has 1 saturated carbocycles. The summed E-state index contributed by atoms with van der Waals surface area (Å²) in [5.74, 6) is 1.88. The molecule has 0 N–H and O–H groups in total. The highest BCUT2D eigenvalue weighted by atomic mass is 19.1. The second-order valence-electron chi connectivity index (χ2n) is 8.05. The number of fused-ring (bicyclic) bond motifs is 1. The molecule has 4 rings (SSSR count). The standard InChI is InChI=1S/C19H24BFO4/c1-18(2)19(3,4)25-20(24-18)17(21)14-9-13(10-14)12-5-6-15-16(11-12)23-8-7-22-15/h5-6,11,13H,7-10H2,1-4H3. The van der Waals surface area contributed by atoms with E-state index in [0.29, 0.717) is 32.0 Å². The van der Waals surface area contributed by atoms with Crippen molar-refractivity contribution in [2.75, 3.05) is 13.2 Å². The molecule has 2 heterocycles. The Morgan fingerprint density at radius 3 is 2.24 bits per heavy atom. The van der Waals surface area contributed by atoms with Gasteiger partial charge in [0.1, 0.15) is 18.9 Å². The summed E-state index contributed by atoms with van der Waals surface area (Å²) in [6.07, 6.45) is 1.38. The first-order chi connectivity index (χ1) is 11.8. The molecule has 3 aliphatic rings. The molecule has 0 radical (unpaired) electrons. The number of allylic oxidation sites excluding steroid dienone is 1. The minimum absolute atomic E-state index is 0.257. The van der Waals surface area contributed by atoms with Gasteiger partial charge in [0, 0.05) is 0 Å². The topological polar surface area (TPSA) is 36.9 Å². The largest absolute Gasteiger partial charge is 0.525 e. The molecule has 6 heteroatoms. The van der Waals surface area contributed by atoms with Crippen LogP contribution in [0.15, 0.2) is 29.5 Å². The number of hydrogen-bond acceptors (Lipinski definition) is 4. The van der Waals surface area contributed by atoms with Crippen molar-refractivity contribution in [3.8, 4) is 11.5 Å². The Balaban J connectivity index is 1.45. The Morgan fingerprint density at radius 1 is 1.00 bits per heavy atom. The number of benzene rings is 1. The molecule has 0 amide bonds. The molecule has 0 unspecified atom stereocenters. The van der Waals surface area contributed by atoms with E-state index in [9.17, 15) is 4.39 Å². The van der Waals surface area contributed by atoms with Gasteiger partial charge in [-0.15, -0.1) is 0 Å². The van der Waals surface area contributed by atoms with Crippen molar-refractivity contribution in [1.82, 2.24) is 0 Å². The molecule has 2 fully saturated rings. The lowest BCUT2D eigenvalue weighted by atomic mass is 9.70. The zero-order chi connectivity index (χ0) is 17.8. The average Bonchev–Trinajstić information content (AvgIpc) is 2.74. The first-order valence-corrected chi connectivity index (χ1v) is 8.89. The summed E-state index contributed by atoms with van der Waals surface area (Å²) in [4.78, 5) is 0. The highest BCUT2D eigenvalue weighted by Gasteiger charge is 2.54. The zero-order valence-corrected chi connectivity index (χ0v) is 15.2. The summed E-state index contributed by atoms with van der Waals surface area (Å²) in [5, 5.41) is 0. The van der Waals surface area contributed by atoms with E-state index < -0.39 is 18.3 Å². The lowest BCUT2D eigenvalue weighted by Crippen LogP contribution is -2.41. The SMILES string of the molecule is CC1(C)OB(C(F)=C2CC(c3ccc4c(c3)OCCO4)C2)OC1(C)C. The third-order valence-corrected chi connectivity index (χ3v) is 5.82. The third kappa shape index (κ3) is 2.85. The Bertz CT molecular complexity index is 704. The predicted molar refractivity (Wildman–Crippen MR) is 93.6 cm³/mol. The van der Waals surface area contributed by atoms with Gasteiger partial charge >= 0.3 is 7.12 Å². The van der Waals surface area contributed by atoms with E-state index >= 15 is 0 Å². The van der Waals surface area contributed by atoms with Gasteiger partial charge in [0.15, 0.2) is 11.5 Å². The lowest BCUT2D eigenvalue weighted by molar-refractivity contribution is 0.00578. The lowest BCUT2D eigenvalue weighted by Gasteiger charge is -2.32. The van der Waals surface area contributed by atoms with Gasteiger partial charge in [-0.1, -0.05) is 6.07 Å². The maximum Gasteiger partial charge on any atom is 0.525 e. The van der Waals surface area contributed by atoms with Crippen LogP contribution in [-0.2, 0) is 9.31 Å². The molecule has 2 aliphatic heterocycles. The Labute approximate surface area is 148 Å². The quantitative estimate of drug-likeness (QED) is 0.753. The zero-order valence-electron chi connectivity index (χ0n) is 15.2. The highest BCUT2D eigenvalue weighted by Crippen LogP contribution is 2.47. The first-order valence-electron chi connectivity index (χ1n) is 8.89. The number of ether oxygens (including phenoxy) is 2. The van der Waals surface area contributed by atoms with Crippen molar-refractivity contribution < 1.29 is 23.2 Å². The summed E-state index contributed by atoms with van der Waals surface area (Å²) < 4.78 is 37.6. The Hall–Kier alpha value is -1.53. The summed E-state index contributed by atoms with van der Waals surface area (Å²) in [5.41, 5.74) is 0.656. The molecule has 1 aliphatic carbocycles. The maximum atomic E-state index is 14.8. The van der Waals surface area contributed by atoms with Crippen LogP contribution in [0.4, 0.5) is 4.39 Å². The van der Waals surface area contributed by atoms with Crippen LogP contribution in [0.2, 0.25) is 0 Å². The number of hydrogen-bond donors (Lipinski definition) is 0. The fourth-order valence-electron chi connectivity index (χ4n) is 3.39. The van der Waals surface area contributed by atoms with Crippen LogP contribution in [0.1, 0.15) is 52.0 Å². The van der Waals surface area contributed by atoms with E-state index in [1.165, 1.54) is 0 Å². The number of rotatable bonds is 2. The molecule has 134 valence electrons. The van der Waals surface area contributed by atoms with Gasteiger partial charge in [-0.2, -0.15) is 0 Å². The minimum atomic E-state index is -0.888. The van der Waals surface area contributed by atoms with Crippen molar-refractivity contribution in [1.29, 1.82) is 0 Å². The van der Waals surface area contributed by atoms with E-state index in [2.05, 4.69) is 0 Å². The second-order valence-corrected chi connectivity index (χ2v) is 8.05. The van der Waals surface area contributed by atoms with Crippen molar-refractivity contribution >= 4 is 7.12 Å². The molecule has 0 bridgehead atoms. The molecule has 0 spiro atoms. The van der Waals surface area contributed by atoms with Crippen LogP contribution in [0.5, 0.6) is 11.5 Å². The summed E-state index contributed by atoms with van der Waals surface area (Å²) in [6.45, 7) is 8.89. The molecule has 1 saturated heterocycles. The predicted octanol–water partition coefficient (Wildman–Crippen LogP) is 4.19. The first kappa shape index (κ1) is 16.9. The van der Waals surface area contributed by atoms with Gasteiger partial charge in [0.05, 0.1) is 11.2 Å². The average molecular weight is 346 g/mol. The van der Waals surface area contributed by atoms with Crippen molar-refractivity contribution in [3.63, 3.8) is 0 Å². The van der Waals surface area contributed by atoms with E-state index in [0.717, 1.165) is 22.6 Å². The molecule has 1 aromatic carbocycles. The minimum Gasteiger partial charge on any atom is -0.486 e. The Kier molecular flexibility index (Phi) is 3.89. The van der Waals surface area contributed by atoms with Crippen LogP contribution in [0.3, 0.4) is 0 Å². The van der Waals surface area contributed by atoms with Crippen molar-refractivity contribution in [2.24, 2.45) is 0 Å². The van der Waals surface area contributed by atoms with E-state index in [1.54, 1.807) is 0 Å². The second kappa shape index (κ2) is 5.75. The van der Waals surface area contributed by atoms with E-state index in [1.807, 2.05) is 45.9 Å². The number of halogens is 1. The summed E-state index contributed by atoms with van der Waals surface area (Å²) >= 11 is 0. The molecule has 25 heavy (non-hydrogen) atoms. The summed E-state index contributed by atoms with van der Waals surface area (Å²) in [7, 11) is -0.888. The molecule has 4 nitrogen and oxygen atoms in total. The van der Waals surface area contributed by atoms with Gasteiger partial charge in [-0.05, 0) is 69.7 Å². The van der Waals surface area contributed by atoms with E-state index in [4.69, 9.17) is 18.8 Å². The summed E-state index contributed by atoms with van der Waals surface area (Å²) in [6, 6.07) is 6.00. The molecular formula is C19H24BFO4. The normalized spacial score (nSPS) is 26.4. The highest BCUT2D eigenvalue weighted by molar-refractivity contribution is 6.53. The Morgan fingerprint density at radius 2 is 1.60 bits per heavy atom. The van der Waals surface area contributed by atoms with Crippen LogP contribution >= 0.6 is 0 Å². The van der Waals surface area contributed by atoms with Crippen LogP contribution in [0.25, 0.3) is 0 Å². The van der Waals surface area contributed by atoms with Gasteiger partial charge < -0.3 is 18.8 Å². The van der Waals surface area contributed by atoms with Gasteiger partial charge in [-0.25, -0.2) is 4.39 Å². The fourth-order valence-corrected chi connectivity index (χ4v) is 3.39. The molecule has 0 aromatic heterocycles. The molecule has 0 atom stereocenters. The monoisotopic (exact) mass is 346 g/mol. The van der Waals surface area contributed by atoms with E-state index in [-0.39, 0.29) is 5.73 Å². The molecular weight excluding hydrogens is 322 g/mol. The van der Waals surface area contributed by atoms with Crippen molar-refractivity contribution in [2.45, 2.75) is 57.7 Å². The third-order valence-electron chi connectivity index (χ3n) is 5.82. The van der Waals surface area contributed by atoms with Gasteiger partial charge in [-0.3, -0.25) is 0 Å². The van der Waals surface area contributed by atoms with Gasteiger partial charge in [0.2, 0.25) is 0 Å². The smallest absolute Gasteiger partial charge is 0.486 e. The van der Waals surface area contributed by atoms with Gasteiger partial charge in [0.25, 0.3) is 0 Å². The van der Waals surface area contributed by atoms with Crippen molar-refractivity contribution in [3.05, 3.63) is 35.1 Å². The van der Waals surface area contributed by atoms with Crippen LogP contribution in [0, 0.1) is 0 Å². The van der Waals surface area contributed by atoms with Crippen LogP contribution in [-0.4, -0.2) is 31.5 Å². The van der Waals surface area contributed by atoms with Crippen LogP contribution < -0.4 is 9.47 Å². The maximum absolute atomic E-state index is 14.8.